The molecular weight excluding hydrogens is 370 g/mol. The van der Waals surface area contributed by atoms with Gasteiger partial charge in [-0.2, -0.15) is 0 Å². The SMILES string of the molecule is CCCCCCCc1ccc(-c2ccc(OC(=O)C(Cl)CC(C)C)cc2)nc1. The molecular formula is C24H32ClNO2. The average molecular weight is 402 g/mol. The van der Waals surface area contributed by atoms with Crippen molar-refractivity contribution in [1.82, 2.24) is 4.98 Å². The number of nitrogens with zero attached hydrogens (tertiary/aromatic N) is 1. The van der Waals surface area contributed by atoms with Crippen LogP contribution in [0.1, 0.15) is 64.9 Å². The number of ether oxygens (including phenoxy) is 1. The minimum Gasteiger partial charge on any atom is -0.425 e. The summed E-state index contributed by atoms with van der Waals surface area (Å²) in [6, 6.07) is 11.6. The third-order valence-electron chi connectivity index (χ3n) is 4.70. The minimum atomic E-state index is -0.615. The predicted molar refractivity (Wildman–Crippen MR) is 117 cm³/mol. The van der Waals surface area contributed by atoms with Gasteiger partial charge in [-0.05, 0) is 61.1 Å². The quantitative estimate of drug-likeness (QED) is 0.179. The van der Waals surface area contributed by atoms with Crippen LogP contribution in [0.25, 0.3) is 11.3 Å². The van der Waals surface area contributed by atoms with Gasteiger partial charge in [0, 0.05) is 11.8 Å². The molecule has 0 spiro atoms. The fourth-order valence-corrected chi connectivity index (χ4v) is 3.46. The highest BCUT2D eigenvalue weighted by molar-refractivity contribution is 6.30. The number of hydrogen-bond donors (Lipinski definition) is 0. The summed E-state index contributed by atoms with van der Waals surface area (Å²) in [4.78, 5) is 16.6. The van der Waals surface area contributed by atoms with E-state index >= 15 is 0 Å². The van der Waals surface area contributed by atoms with Crippen LogP contribution in [0.3, 0.4) is 0 Å². The maximum Gasteiger partial charge on any atom is 0.329 e. The number of carbonyl (C=O) groups excluding carboxylic acids is 1. The summed E-state index contributed by atoms with van der Waals surface area (Å²) in [5, 5.41) is -0.615. The highest BCUT2D eigenvalue weighted by atomic mass is 35.5. The molecule has 1 atom stereocenters. The standard InChI is InChI=1S/C24H32ClNO2/c1-4-5-6-7-8-9-19-10-15-23(26-17-19)20-11-13-21(14-12-20)28-24(27)22(25)16-18(2)3/h10-15,17-18,22H,4-9,16H2,1-3H3. The van der Waals surface area contributed by atoms with Crippen LogP contribution in [-0.2, 0) is 11.2 Å². The molecule has 28 heavy (non-hydrogen) atoms. The van der Waals surface area contributed by atoms with Crippen LogP contribution in [0.15, 0.2) is 42.6 Å². The lowest BCUT2D eigenvalue weighted by atomic mass is 10.1. The molecule has 1 aromatic heterocycles. The van der Waals surface area contributed by atoms with Gasteiger partial charge >= 0.3 is 5.97 Å². The highest BCUT2D eigenvalue weighted by Crippen LogP contribution is 2.22. The van der Waals surface area contributed by atoms with E-state index in [0.717, 1.165) is 17.7 Å². The van der Waals surface area contributed by atoms with E-state index < -0.39 is 11.3 Å². The van der Waals surface area contributed by atoms with Crippen LogP contribution >= 0.6 is 11.6 Å². The molecule has 0 N–H and O–H groups in total. The third-order valence-corrected chi connectivity index (χ3v) is 5.05. The highest BCUT2D eigenvalue weighted by Gasteiger charge is 2.19. The van der Waals surface area contributed by atoms with Gasteiger partial charge in [0.2, 0.25) is 0 Å². The van der Waals surface area contributed by atoms with Crippen molar-refractivity contribution in [2.45, 2.75) is 71.1 Å². The molecule has 1 heterocycles. The molecule has 1 aromatic carbocycles. The molecule has 2 rings (SSSR count). The molecule has 0 aliphatic heterocycles. The first-order valence-corrected chi connectivity index (χ1v) is 10.8. The van der Waals surface area contributed by atoms with Crippen molar-refractivity contribution in [3.8, 4) is 17.0 Å². The number of rotatable bonds is 11. The van der Waals surface area contributed by atoms with Crippen LogP contribution < -0.4 is 4.74 Å². The molecule has 0 bridgehead atoms. The van der Waals surface area contributed by atoms with E-state index in [2.05, 4.69) is 24.0 Å². The van der Waals surface area contributed by atoms with Gasteiger partial charge in [0.1, 0.15) is 11.1 Å². The van der Waals surface area contributed by atoms with Crippen molar-refractivity contribution < 1.29 is 9.53 Å². The smallest absolute Gasteiger partial charge is 0.329 e. The molecule has 4 heteroatoms. The van der Waals surface area contributed by atoms with Gasteiger partial charge in [-0.1, -0.05) is 52.5 Å². The van der Waals surface area contributed by atoms with E-state index in [1.54, 1.807) is 12.1 Å². The first kappa shape index (κ1) is 22.4. The Hall–Kier alpha value is -1.87. The van der Waals surface area contributed by atoms with Gasteiger partial charge in [0.25, 0.3) is 0 Å². The summed E-state index contributed by atoms with van der Waals surface area (Å²) in [6.45, 7) is 6.30. The molecule has 2 aromatic rings. The molecule has 0 saturated heterocycles. The van der Waals surface area contributed by atoms with Crippen LogP contribution in [0, 0.1) is 5.92 Å². The monoisotopic (exact) mass is 401 g/mol. The second kappa shape index (κ2) is 11.9. The Balaban J connectivity index is 1.88. The van der Waals surface area contributed by atoms with E-state index in [4.69, 9.17) is 16.3 Å². The normalized spacial score (nSPS) is 12.2. The maximum atomic E-state index is 12.0. The fourth-order valence-electron chi connectivity index (χ4n) is 3.06. The second-order valence-corrected chi connectivity index (χ2v) is 8.29. The van der Waals surface area contributed by atoms with Crippen molar-refractivity contribution in [3.05, 3.63) is 48.2 Å². The van der Waals surface area contributed by atoms with Crippen molar-refractivity contribution >= 4 is 17.6 Å². The summed E-state index contributed by atoms with van der Waals surface area (Å²) in [7, 11) is 0. The zero-order valence-electron chi connectivity index (χ0n) is 17.3. The van der Waals surface area contributed by atoms with E-state index in [1.807, 2.05) is 32.2 Å². The lowest BCUT2D eigenvalue weighted by Crippen LogP contribution is -2.22. The summed E-state index contributed by atoms with van der Waals surface area (Å²) in [5.74, 6) is 0.458. The largest absolute Gasteiger partial charge is 0.425 e. The van der Waals surface area contributed by atoms with Gasteiger partial charge in [0.15, 0.2) is 0 Å². The summed E-state index contributed by atoms with van der Waals surface area (Å²) < 4.78 is 5.37. The Bertz CT molecular complexity index is 710. The zero-order chi connectivity index (χ0) is 20.4. The van der Waals surface area contributed by atoms with Gasteiger partial charge in [0.05, 0.1) is 5.69 Å². The third kappa shape index (κ3) is 7.63. The van der Waals surface area contributed by atoms with Gasteiger partial charge in [-0.15, -0.1) is 11.6 Å². The topological polar surface area (TPSA) is 39.2 Å². The van der Waals surface area contributed by atoms with E-state index in [-0.39, 0.29) is 0 Å². The molecule has 1 unspecified atom stereocenters. The van der Waals surface area contributed by atoms with E-state index in [1.165, 1.54) is 37.7 Å². The summed E-state index contributed by atoms with van der Waals surface area (Å²) >= 11 is 6.09. The number of aryl methyl sites for hydroxylation is 1. The number of hydrogen-bond acceptors (Lipinski definition) is 3. The number of halogens is 1. The Morgan fingerprint density at radius 1 is 1.04 bits per heavy atom. The van der Waals surface area contributed by atoms with E-state index in [9.17, 15) is 4.79 Å². The first-order valence-electron chi connectivity index (χ1n) is 10.4. The van der Waals surface area contributed by atoms with Crippen molar-refractivity contribution in [2.24, 2.45) is 5.92 Å². The summed E-state index contributed by atoms with van der Waals surface area (Å²) in [6.07, 6.45) is 10.1. The van der Waals surface area contributed by atoms with Crippen LogP contribution in [-0.4, -0.2) is 16.3 Å². The second-order valence-electron chi connectivity index (χ2n) is 7.76. The number of pyridine rings is 1. The Labute approximate surface area is 174 Å². The Morgan fingerprint density at radius 3 is 2.36 bits per heavy atom. The van der Waals surface area contributed by atoms with Crippen molar-refractivity contribution in [1.29, 1.82) is 0 Å². The molecule has 0 aliphatic rings. The number of unbranched alkanes of at least 4 members (excludes halogenated alkanes) is 4. The minimum absolute atomic E-state index is 0.350. The molecule has 0 aliphatic carbocycles. The lowest BCUT2D eigenvalue weighted by molar-refractivity contribution is -0.134. The number of alkyl halides is 1. The summed E-state index contributed by atoms with van der Waals surface area (Å²) in [5.41, 5.74) is 3.20. The number of benzene rings is 1. The molecule has 0 fully saturated rings. The van der Waals surface area contributed by atoms with E-state index in [0.29, 0.717) is 18.1 Å². The van der Waals surface area contributed by atoms with Crippen LogP contribution in [0.5, 0.6) is 5.75 Å². The molecule has 152 valence electrons. The first-order chi connectivity index (χ1) is 13.5. The maximum absolute atomic E-state index is 12.0. The molecule has 0 amide bonds. The fraction of sp³-hybridized carbons (Fsp3) is 0.500. The van der Waals surface area contributed by atoms with Gasteiger partial charge in [-0.25, -0.2) is 0 Å². The lowest BCUT2D eigenvalue weighted by Gasteiger charge is -2.11. The van der Waals surface area contributed by atoms with Crippen molar-refractivity contribution in [2.75, 3.05) is 0 Å². The van der Waals surface area contributed by atoms with Gasteiger partial charge < -0.3 is 4.74 Å². The average Bonchev–Trinajstić information content (AvgIpc) is 2.68. The predicted octanol–water partition coefficient (Wildman–Crippen LogP) is 6.82. The Morgan fingerprint density at radius 2 is 1.75 bits per heavy atom. The number of carbonyl (C=O) groups is 1. The van der Waals surface area contributed by atoms with Crippen LogP contribution in [0.4, 0.5) is 0 Å². The number of aromatic nitrogens is 1. The number of esters is 1. The molecule has 3 nitrogen and oxygen atoms in total. The zero-order valence-corrected chi connectivity index (χ0v) is 18.0. The molecule has 0 saturated carbocycles. The van der Waals surface area contributed by atoms with Crippen LogP contribution in [0.2, 0.25) is 0 Å². The van der Waals surface area contributed by atoms with Crippen molar-refractivity contribution in [3.63, 3.8) is 0 Å². The molecule has 0 radical (unpaired) electrons. The van der Waals surface area contributed by atoms with Gasteiger partial charge in [-0.3, -0.25) is 9.78 Å². The Kier molecular flexibility index (Phi) is 9.49.